The number of para-hydroxylation sites is 3. The lowest BCUT2D eigenvalue weighted by molar-refractivity contribution is 0.773. The van der Waals surface area contributed by atoms with Crippen LogP contribution < -0.4 is 9.80 Å². The summed E-state index contributed by atoms with van der Waals surface area (Å²) in [6, 6.07) is 59.0. The first kappa shape index (κ1) is 49.4. The zero-order valence-electron chi connectivity index (χ0n) is 45.6. The molecule has 78 heavy (non-hydrogen) atoms. The van der Waals surface area contributed by atoms with Crippen molar-refractivity contribution in [2.75, 3.05) is 9.80 Å². The second kappa shape index (κ2) is 19.9. The Balaban J connectivity index is 1.05. The maximum atomic E-state index is 10.9. The fourth-order valence-corrected chi connectivity index (χ4v) is 12.6. The van der Waals surface area contributed by atoms with Crippen molar-refractivity contribution in [3.63, 3.8) is 0 Å². The van der Waals surface area contributed by atoms with Crippen molar-refractivity contribution in [1.82, 2.24) is 0 Å². The first-order valence-corrected chi connectivity index (χ1v) is 27.0. The lowest BCUT2D eigenvalue weighted by Gasteiger charge is -2.44. The molecule has 0 heterocycles. The first-order chi connectivity index (χ1) is 37.9. The number of anilines is 4. The summed E-state index contributed by atoms with van der Waals surface area (Å²) in [7, 11) is 0. The third-order valence-corrected chi connectivity index (χ3v) is 16.2. The summed E-state index contributed by atoms with van der Waals surface area (Å²) in [5.41, 5.74) is 30.7. The second-order valence-corrected chi connectivity index (χ2v) is 21.6. The van der Waals surface area contributed by atoms with Gasteiger partial charge in [-0.25, -0.2) is 4.85 Å². The summed E-state index contributed by atoms with van der Waals surface area (Å²) in [5, 5.41) is 10.9. The molecule has 0 aromatic heterocycles. The van der Waals surface area contributed by atoms with Crippen LogP contribution in [0.5, 0.6) is 0 Å². The van der Waals surface area contributed by atoms with E-state index in [4.69, 9.17) is 6.57 Å². The summed E-state index contributed by atoms with van der Waals surface area (Å²) >= 11 is 0. The smallest absolute Gasteiger partial charge is 0.210 e. The number of nitriles is 1. The fourth-order valence-electron chi connectivity index (χ4n) is 12.6. The highest BCUT2D eigenvalue weighted by molar-refractivity contribution is 5.95. The minimum absolute atomic E-state index is 0.113. The van der Waals surface area contributed by atoms with Gasteiger partial charge < -0.3 is 9.80 Å². The molecule has 12 rings (SSSR count). The summed E-state index contributed by atoms with van der Waals surface area (Å²) in [6.45, 7) is 26.0. The average molecular weight is 1010 g/mol. The molecule has 0 spiro atoms. The topological polar surface area (TPSA) is 34.6 Å². The van der Waals surface area contributed by atoms with Crippen LogP contribution >= 0.6 is 0 Å². The maximum absolute atomic E-state index is 10.9. The third kappa shape index (κ3) is 8.57. The van der Waals surface area contributed by atoms with E-state index >= 15 is 0 Å². The molecule has 4 nitrogen and oxygen atoms in total. The van der Waals surface area contributed by atoms with Gasteiger partial charge in [0.25, 0.3) is 0 Å². The van der Waals surface area contributed by atoms with Gasteiger partial charge in [0.05, 0.1) is 35.2 Å². The van der Waals surface area contributed by atoms with Crippen molar-refractivity contribution in [1.29, 1.82) is 5.26 Å². The normalized spacial score (nSPS) is 15.8. The molecule has 0 bridgehead atoms. The molecule has 8 aromatic rings. The Hall–Kier alpha value is -9.48. The monoisotopic (exact) mass is 1000 g/mol. The van der Waals surface area contributed by atoms with Gasteiger partial charge in [-0.15, -0.1) is 0 Å². The molecule has 0 fully saturated rings. The van der Waals surface area contributed by atoms with Crippen LogP contribution in [0.25, 0.3) is 49.4 Å². The van der Waals surface area contributed by atoms with Crippen molar-refractivity contribution in [2.45, 2.75) is 61.4 Å². The lowest BCUT2D eigenvalue weighted by atomic mass is 9.67. The number of rotatable bonds is 10. The Morgan fingerprint density at radius 2 is 1.01 bits per heavy atom. The maximum Gasteiger partial charge on any atom is 0.210 e. The van der Waals surface area contributed by atoms with Gasteiger partial charge in [0.1, 0.15) is 6.07 Å². The van der Waals surface area contributed by atoms with E-state index < -0.39 is 0 Å². The number of allylic oxidation sites excluding steroid dienone is 10. The summed E-state index contributed by atoms with van der Waals surface area (Å²) < 4.78 is 0. The van der Waals surface area contributed by atoms with Gasteiger partial charge in [-0.3, -0.25) is 0 Å². The predicted molar refractivity (Wildman–Crippen MR) is 326 cm³/mol. The van der Waals surface area contributed by atoms with Crippen molar-refractivity contribution < 1.29 is 0 Å². The molecule has 2 atom stereocenters. The van der Waals surface area contributed by atoms with E-state index in [9.17, 15) is 5.26 Å². The molecule has 8 aromatic carbocycles. The molecule has 0 saturated heterocycles. The Labute approximate surface area is 460 Å². The SMILES string of the molecule is [C-]#[N+]c1ccccc1N(C1=C2C=CC3=C4C(=CC=C(C=C1)C24)C(N(c1ccccc1C#N)c1ccc(-c2ccc(C)cc2C)cc1-c1ccc(C)cc1C)C=C3)c1ccc(-c2ccc(C)cc2C)cc1-c1ccc(C)cc1C. The predicted octanol–water partition coefficient (Wildman–Crippen LogP) is 19.3. The van der Waals surface area contributed by atoms with Crippen LogP contribution in [-0.2, 0) is 0 Å². The molecule has 4 aliphatic carbocycles. The van der Waals surface area contributed by atoms with Gasteiger partial charge in [-0.05, 0) is 187 Å². The van der Waals surface area contributed by atoms with E-state index in [0.717, 1.165) is 67.4 Å². The molecule has 0 radical (unpaired) electrons. The molecule has 0 saturated carbocycles. The zero-order chi connectivity index (χ0) is 53.9. The van der Waals surface area contributed by atoms with E-state index in [1.807, 2.05) is 36.4 Å². The zero-order valence-corrected chi connectivity index (χ0v) is 45.6. The Bertz CT molecular complexity index is 4170. The van der Waals surface area contributed by atoms with E-state index in [1.165, 1.54) is 77.9 Å². The lowest BCUT2D eigenvalue weighted by Crippen LogP contribution is -2.38. The molecule has 4 heteroatoms. The van der Waals surface area contributed by atoms with Crippen LogP contribution in [0.4, 0.5) is 28.4 Å². The average Bonchev–Trinajstić information content (AvgIpc) is 3.55. The highest BCUT2D eigenvalue weighted by Crippen LogP contribution is 2.54. The summed E-state index contributed by atoms with van der Waals surface area (Å²) in [4.78, 5) is 8.95. The number of nitrogens with zero attached hydrogens (tertiary/aromatic N) is 4. The highest BCUT2D eigenvalue weighted by Gasteiger charge is 2.41. The number of benzene rings is 8. The number of hydrogen-bond donors (Lipinski definition) is 0. The highest BCUT2D eigenvalue weighted by atomic mass is 15.2. The van der Waals surface area contributed by atoms with Crippen LogP contribution in [0.3, 0.4) is 0 Å². The van der Waals surface area contributed by atoms with Gasteiger partial charge >= 0.3 is 0 Å². The molecule has 4 aliphatic rings. The second-order valence-electron chi connectivity index (χ2n) is 21.6. The minimum Gasteiger partial charge on any atom is -0.329 e. The van der Waals surface area contributed by atoms with Crippen LogP contribution in [0.2, 0.25) is 0 Å². The third-order valence-electron chi connectivity index (χ3n) is 16.2. The summed E-state index contributed by atoms with van der Waals surface area (Å²) in [6.07, 6.45) is 18.4. The molecule has 0 N–H and O–H groups in total. The summed E-state index contributed by atoms with van der Waals surface area (Å²) in [5.74, 6) is -0.113. The minimum atomic E-state index is -0.289. The van der Waals surface area contributed by atoms with E-state index in [-0.39, 0.29) is 12.0 Å². The molecule has 0 aliphatic heterocycles. The van der Waals surface area contributed by atoms with Gasteiger partial charge in [0.2, 0.25) is 5.69 Å². The van der Waals surface area contributed by atoms with E-state index in [1.54, 1.807) is 0 Å². The van der Waals surface area contributed by atoms with E-state index in [2.05, 4.69) is 246 Å². The van der Waals surface area contributed by atoms with Crippen molar-refractivity contribution in [3.05, 3.63) is 301 Å². The van der Waals surface area contributed by atoms with Gasteiger partial charge in [0, 0.05) is 28.4 Å². The number of hydrogen-bond acceptors (Lipinski definition) is 3. The van der Waals surface area contributed by atoms with Gasteiger partial charge in [-0.2, -0.15) is 5.26 Å². The van der Waals surface area contributed by atoms with Crippen LogP contribution in [-0.4, -0.2) is 6.04 Å². The molecular formula is C74H60N4. The molecule has 0 amide bonds. The largest absolute Gasteiger partial charge is 0.329 e. The Kier molecular flexibility index (Phi) is 12.6. The van der Waals surface area contributed by atoms with Crippen molar-refractivity contribution in [3.8, 4) is 50.6 Å². The van der Waals surface area contributed by atoms with Crippen LogP contribution in [0, 0.1) is 79.2 Å². The standard InChI is InChI=1S/C74H60N4/c1-45-18-28-58(49(5)38-45)55-26-36-70(64(42-55)60-30-20-47(3)40-51(60)7)77(67-16-12-10-14-57(67)44-75)68-34-24-53-23-33-63-69(35-25-54-22-32-62(68)73(53)74(54)63)78(72-17-13-11-15-66(72)76-9)71-37-27-56(59-29-19-46(2)39-50(59)6)43-65(71)61-31-21-48(4)41-52(61)8/h10-43,68,74H,1-8H3. The molecular weight excluding hydrogens is 945 g/mol. The first-order valence-electron chi connectivity index (χ1n) is 27.0. The van der Waals surface area contributed by atoms with Crippen molar-refractivity contribution in [2.24, 2.45) is 5.92 Å². The quantitative estimate of drug-likeness (QED) is 0.128. The van der Waals surface area contributed by atoms with Gasteiger partial charge in [0.15, 0.2) is 0 Å². The molecule has 2 unspecified atom stereocenters. The van der Waals surface area contributed by atoms with Crippen LogP contribution in [0.15, 0.2) is 240 Å². The number of aryl methyl sites for hydroxylation is 8. The van der Waals surface area contributed by atoms with Gasteiger partial charge in [-0.1, -0.05) is 180 Å². The Morgan fingerprint density at radius 1 is 0.474 bits per heavy atom. The Morgan fingerprint density at radius 3 is 1.59 bits per heavy atom. The van der Waals surface area contributed by atoms with Crippen LogP contribution in [0.1, 0.15) is 50.1 Å². The van der Waals surface area contributed by atoms with E-state index in [0.29, 0.717) is 11.3 Å². The molecule has 376 valence electrons. The van der Waals surface area contributed by atoms with Crippen molar-refractivity contribution >= 4 is 28.4 Å². The fraction of sp³-hybridized carbons (Fsp3) is 0.135.